The predicted octanol–water partition coefficient (Wildman–Crippen LogP) is 5.26. The van der Waals surface area contributed by atoms with Gasteiger partial charge in [0.2, 0.25) is 0 Å². The van der Waals surface area contributed by atoms with E-state index in [1.807, 2.05) is 6.07 Å². The molecule has 0 saturated carbocycles. The fourth-order valence-corrected chi connectivity index (χ4v) is 2.11. The van der Waals surface area contributed by atoms with Crippen molar-refractivity contribution in [3.05, 3.63) is 57.0 Å². The number of anilines is 2. The summed E-state index contributed by atoms with van der Waals surface area (Å²) in [6.45, 7) is 0. The summed E-state index contributed by atoms with van der Waals surface area (Å²) in [7, 11) is 0. The maximum atomic E-state index is 8.75. The van der Waals surface area contributed by atoms with Crippen molar-refractivity contribution in [2.45, 2.75) is 0 Å². The first kappa shape index (κ1) is 13.0. The van der Waals surface area contributed by atoms with E-state index in [1.54, 1.807) is 36.4 Å². The SMILES string of the molecule is N#Cc1ccc(Nc2ccc(Cl)cc2Cl)c(Cl)c1. The van der Waals surface area contributed by atoms with Crippen LogP contribution >= 0.6 is 34.8 Å². The monoisotopic (exact) mass is 296 g/mol. The molecule has 2 rings (SSSR count). The Bertz CT molecular complexity index is 633. The summed E-state index contributed by atoms with van der Waals surface area (Å²) in [5.74, 6) is 0. The smallest absolute Gasteiger partial charge is 0.0992 e. The van der Waals surface area contributed by atoms with E-state index in [1.165, 1.54) is 0 Å². The van der Waals surface area contributed by atoms with Crippen LogP contribution in [-0.2, 0) is 0 Å². The van der Waals surface area contributed by atoms with E-state index in [4.69, 9.17) is 40.1 Å². The van der Waals surface area contributed by atoms with Crippen LogP contribution in [0.1, 0.15) is 5.56 Å². The van der Waals surface area contributed by atoms with Gasteiger partial charge in [-0.1, -0.05) is 34.8 Å². The van der Waals surface area contributed by atoms with Crippen molar-refractivity contribution in [1.82, 2.24) is 0 Å². The lowest BCUT2D eigenvalue weighted by molar-refractivity contribution is 1.47. The van der Waals surface area contributed by atoms with Crippen molar-refractivity contribution >= 4 is 46.2 Å². The summed E-state index contributed by atoms with van der Waals surface area (Å²) < 4.78 is 0. The molecule has 0 amide bonds. The van der Waals surface area contributed by atoms with Gasteiger partial charge in [0.25, 0.3) is 0 Å². The van der Waals surface area contributed by atoms with E-state index in [9.17, 15) is 0 Å². The molecule has 0 aliphatic heterocycles. The minimum Gasteiger partial charge on any atom is -0.353 e. The first-order valence-electron chi connectivity index (χ1n) is 5.02. The molecule has 0 aliphatic carbocycles. The number of rotatable bonds is 2. The van der Waals surface area contributed by atoms with Gasteiger partial charge >= 0.3 is 0 Å². The number of nitrogens with one attached hydrogen (secondary N) is 1. The molecule has 0 spiro atoms. The number of benzene rings is 2. The van der Waals surface area contributed by atoms with Crippen LogP contribution in [0.25, 0.3) is 0 Å². The Morgan fingerprint density at radius 1 is 0.889 bits per heavy atom. The van der Waals surface area contributed by atoms with Gasteiger partial charge in [0.05, 0.1) is 33.1 Å². The second-order valence-corrected chi connectivity index (χ2v) is 4.81. The molecule has 5 heteroatoms. The predicted molar refractivity (Wildman–Crippen MR) is 75.9 cm³/mol. The van der Waals surface area contributed by atoms with Crippen molar-refractivity contribution in [2.24, 2.45) is 0 Å². The second kappa shape index (κ2) is 5.49. The van der Waals surface area contributed by atoms with Gasteiger partial charge in [-0.15, -0.1) is 0 Å². The maximum Gasteiger partial charge on any atom is 0.0992 e. The minimum atomic E-state index is 0.458. The molecule has 0 aromatic heterocycles. The van der Waals surface area contributed by atoms with Crippen LogP contribution in [0.3, 0.4) is 0 Å². The molecule has 0 heterocycles. The largest absolute Gasteiger partial charge is 0.353 e. The number of nitriles is 1. The first-order chi connectivity index (χ1) is 8.60. The van der Waals surface area contributed by atoms with Gasteiger partial charge in [0.15, 0.2) is 0 Å². The highest BCUT2D eigenvalue weighted by atomic mass is 35.5. The second-order valence-electron chi connectivity index (χ2n) is 3.56. The third-order valence-corrected chi connectivity index (χ3v) is 3.16. The molecule has 90 valence electrons. The van der Waals surface area contributed by atoms with Gasteiger partial charge in [0, 0.05) is 5.02 Å². The fraction of sp³-hybridized carbons (Fsp3) is 0. The molecule has 18 heavy (non-hydrogen) atoms. The Kier molecular flexibility index (Phi) is 3.98. The summed E-state index contributed by atoms with van der Waals surface area (Å²) in [5.41, 5.74) is 1.89. The average molecular weight is 298 g/mol. The van der Waals surface area contributed by atoms with Crippen LogP contribution in [0, 0.1) is 11.3 Å². The van der Waals surface area contributed by atoms with Crippen molar-refractivity contribution in [3.63, 3.8) is 0 Å². The first-order valence-corrected chi connectivity index (χ1v) is 6.15. The summed E-state index contributed by atoms with van der Waals surface area (Å²) in [6, 6.07) is 12.2. The molecule has 0 saturated heterocycles. The van der Waals surface area contributed by atoms with E-state index in [0.29, 0.717) is 32.0 Å². The lowest BCUT2D eigenvalue weighted by atomic mass is 10.2. The highest BCUT2D eigenvalue weighted by molar-refractivity contribution is 6.37. The highest BCUT2D eigenvalue weighted by Gasteiger charge is 2.05. The molecular weight excluding hydrogens is 291 g/mol. The Morgan fingerprint density at radius 3 is 2.06 bits per heavy atom. The Morgan fingerprint density at radius 2 is 1.50 bits per heavy atom. The average Bonchev–Trinajstić information content (AvgIpc) is 2.34. The van der Waals surface area contributed by atoms with Crippen molar-refractivity contribution in [3.8, 4) is 6.07 Å². The topological polar surface area (TPSA) is 35.8 Å². The Labute approximate surface area is 120 Å². The van der Waals surface area contributed by atoms with Gasteiger partial charge in [0.1, 0.15) is 0 Å². The molecular formula is C13H7Cl3N2. The van der Waals surface area contributed by atoms with Gasteiger partial charge < -0.3 is 5.32 Å². The number of nitrogens with zero attached hydrogens (tertiary/aromatic N) is 1. The van der Waals surface area contributed by atoms with Gasteiger partial charge in [-0.25, -0.2) is 0 Å². The molecule has 0 bridgehead atoms. The zero-order valence-electron chi connectivity index (χ0n) is 9.05. The maximum absolute atomic E-state index is 8.75. The molecule has 2 aromatic carbocycles. The van der Waals surface area contributed by atoms with Crippen LogP contribution in [0.4, 0.5) is 11.4 Å². The normalized spacial score (nSPS) is 9.89. The Balaban J connectivity index is 2.32. The molecule has 0 radical (unpaired) electrons. The van der Waals surface area contributed by atoms with Crippen molar-refractivity contribution in [1.29, 1.82) is 5.26 Å². The van der Waals surface area contributed by atoms with Crippen LogP contribution < -0.4 is 5.32 Å². The Hall–Kier alpha value is -1.40. The highest BCUT2D eigenvalue weighted by Crippen LogP contribution is 2.31. The van der Waals surface area contributed by atoms with Crippen molar-refractivity contribution in [2.75, 3.05) is 5.32 Å². The zero-order valence-corrected chi connectivity index (χ0v) is 11.3. The minimum absolute atomic E-state index is 0.458. The summed E-state index contributed by atoms with van der Waals surface area (Å²) in [6.07, 6.45) is 0. The molecule has 2 nitrogen and oxygen atoms in total. The fourth-order valence-electron chi connectivity index (χ4n) is 1.42. The molecule has 0 atom stereocenters. The summed E-state index contributed by atoms with van der Waals surface area (Å²) >= 11 is 17.9. The van der Waals surface area contributed by atoms with E-state index in [2.05, 4.69) is 5.32 Å². The van der Waals surface area contributed by atoms with E-state index < -0.39 is 0 Å². The molecule has 0 unspecified atom stereocenters. The lowest BCUT2D eigenvalue weighted by Gasteiger charge is -2.10. The zero-order chi connectivity index (χ0) is 13.1. The third-order valence-electron chi connectivity index (χ3n) is 2.30. The number of hydrogen-bond donors (Lipinski definition) is 1. The summed E-state index contributed by atoms with van der Waals surface area (Å²) in [4.78, 5) is 0. The van der Waals surface area contributed by atoms with Gasteiger partial charge in [-0.2, -0.15) is 5.26 Å². The summed E-state index contributed by atoms with van der Waals surface area (Å²) in [5, 5.41) is 13.4. The molecule has 0 aliphatic rings. The molecule has 1 N–H and O–H groups in total. The van der Waals surface area contributed by atoms with Crippen LogP contribution in [-0.4, -0.2) is 0 Å². The molecule has 0 fully saturated rings. The van der Waals surface area contributed by atoms with Gasteiger partial charge in [-0.3, -0.25) is 0 Å². The van der Waals surface area contributed by atoms with E-state index in [0.717, 1.165) is 0 Å². The lowest BCUT2D eigenvalue weighted by Crippen LogP contribution is -1.92. The third kappa shape index (κ3) is 2.88. The number of halogens is 3. The van der Waals surface area contributed by atoms with Gasteiger partial charge in [-0.05, 0) is 36.4 Å². The quantitative estimate of drug-likeness (QED) is 0.820. The van der Waals surface area contributed by atoms with Crippen LogP contribution in [0.5, 0.6) is 0 Å². The van der Waals surface area contributed by atoms with Crippen LogP contribution in [0.15, 0.2) is 36.4 Å². The number of hydrogen-bond acceptors (Lipinski definition) is 2. The van der Waals surface area contributed by atoms with E-state index >= 15 is 0 Å². The van der Waals surface area contributed by atoms with Crippen LogP contribution in [0.2, 0.25) is 15.1 Å². The standard InChI is InChI=1S/C13H7Cl3N2/c14-9-2-4-13(11(16)6-9)18-12-3-1-8(7-17)5-10(12)15/h1-6,18H. The van der Waals surface area contributed by atoms with Crippen molar-refractivity contribution < 1.29 is 0 Å². The molecule has 2 aromatic rings. The van der Waals surface area contributed by atoms with E-state index in [-0.39, 0.29) is 0 Å².